The fourth-order valence-electron chi connectivity index (χ4n) is 3.85. The lowest BCUT2D eigenvalue weighted by Crippen LogP contribution is -2.27. The predicted molar refractivity (Wildman–Crippen MR) is 81.9 cm³/mol. The second-order valence-corrected chi connectivity index (χ2v) is 6.38. The van der Waals surface area contributed by atoms with Gasteiger partial charge in [0, 0.05) is 11.3 Å². The number of fused-ring (bicyclic) bond motifs is 1. The molecule has 2 saturated heterocycles. The molecule has 4 atom stereocenters. The smallest absolute Gasteiger partial charge is 0.0905 e. The summed E-state index contributed by atoms with van der Waals surface area (Å²) >= 11 is 0. The standard InChI is InChI=1S/C19H20O2/c1-19-13-21-17(14-8-4-2-5-9-14)16(19)12-20-18(19)15-10-6-3-7-11-15/h2-11,16-18H,12-13H2,1H3/t16-,17+,18-,19+/m0/s1. The van der Waals surface area contributed by atoms with Crippen molar-refractivity contribution in [1.82, 2.24) is 0 Å². The molecule has 0 N–H and O–H groups in total. The van der Waals surface area contributed by atoms with Crippen LogP contribution in [0.25, 0.3) is 0 Å². The van der Waals surface area contributed by atoms with Crippen LogP contribution in [0, 0.1) is 11.3 Å². The zero-order valence-electron chi connectivity index (χ0n) is 12.2. The Balaban J connectivity index is 1.66. The highest BCUT2D eigenvalue weighted by Gasteiger charge is 2.56. The van der Waals surface area contributed by atoms with Gasteiger partial charge in [0.2, 0.25) is 0 Å². The van der Waals surface area contributed by atoms with Gasteiger partial charge in [-0.25, -0.2) is 0 Å². The highest BCUT2D eigenvalue weighted by Crippen LogP contribution is 2.58. The first-order valence-corrected chi connectivity index (χ1v) is 7.62. The van der Waals surface area contributed by atoms with Gasteiger partial charge in [0.1, 0.15) is 0 Å². The van der Waals surface area contributed by atoms with Crippen LogP contribution in [-0.2, 0) is 9.47 Å². The number of hydrogen-bond acceptors (Lipinski definition) is 2. The zero-order chi connectivity index (χ0) is 14.3. The van der Waals surface area contributed by atoms with E-state index in [4.69, 9.17) is 9.47 Å². The second kappa shape index (κ2) is 4.97. The first-order valence-electron chi connectivity index (χ1n) is 7.62. The van der Waals surface area contributed by atoms with Crippen LogP contribution in [0.4, 0.5) is 0 Å². The molecule has 2 aliphatic rings. The molecule has 0 unspecified atom stereocenters. The van der Waals surface area contributed by atoms with Crippen LogP contribution in [0.5, 0.6) is 0 Å². The van der Waals surface area contributed by atoms with E-state index in [1.54, 1.807) is 0 Å². The van der Waals surface area contributed by atoms with Gasteiger partial charge in [-0.3, -0.25) is 0 Å². The van der Waals surface area contributed by atoms with Gasteiger partial charge in [-0.2, -0.15) is 0 Å². The molecule has 0 aliphatic carbocycles. The molecular formula is C19H20O2. The Hall–Kier alpha value is -1.64. The molecule has 2 heterocycles. The minimum absolute atomic E-state index is 0.0574. The highest BCUT2D eigenvalue weighted by molar-refractivity contribution is 5.26. The van der Waals surface area contributed by atoms with Crippen molar-refractivity contribution in [3.63, 3.8) is 0 Å². The lowest BCUT2D eigenvalue weighted by atomic mass is 9.72. The lowest BCUT2D eigenvalue weighted by molar-refractivity contribution is 0.000685. The number of ether oxygens (including phenoxy) is 2. The fourth-order valence-corrected chi connectivity index (χ4v) is 3.85. The maximum Gasteiger partial charge on any atom is 0.0905 e. The van der Waals surface area contributed by atoms with E-state index in [2.05, 4.69) is 67.6 Å². The summed E-state index contributed by atoms with van der Waals surface area (Å²) in [5.41, 5.74) is 2.59. The average molecular weight is 280 g/mol. The van der Waals surface area contributed by atoms with Crippen molar-refractivity contribution in [2.24, 2.45) is 11.3 Å². The van der Waals surface area contributed by atoms with Crippen LogP contribution >= 0.6 is 0 Å². The molecular weight excluding hydrogens is 260 g/mol. The van der Waals surface area contributed by atoms with Crippen LogP contribution in [0.3, 0.4) is 0 Å². The predicted octanol–water partition coefficient (Wildman–Crippen LogP) is 4.15. The molecule has 0 aromatic heterocycles. The molecule has 2 aromatic carbocycles. The zero-order valence-corrected chi connectivity index (χ0v) is 12.2. The maximum atomic E-state index is 6.18. The monoisotopic (exact) mass is 280 g/mol. The molecule has 4 rings (SSSR count). The van der Waals surface area contributed by atoms with Crippen molar-refractivity contribution in [1.29, 1.82) is 0 Å². The van der Waals surface area contributed by atoms with Gasteiger partial charge < -0.3 is 9.47 Å². The van der Waals surface area contributed by atoms with Gasteiger partial charge in [-0.1, -0.05) is 67.6 Å². The molecule has 0 bridgehead atoms. The van der Waals surface area contributed by atoms with E-state index in [-0.39, 0.29) is 17.6 Å². The molecule has 0 spiro atoms. The Bertz CT molecular complexity index is 610. The van der Waals surface area contributed by atoms with Gasteiger partial charge in [-0.05, 0) is 11.1 Å². The van der Waals surface area contributed by atoms with Crippen LogP contribution in [-0.4, -0.2) is 13.2 Å². The summed E-state index contributed by atoms with van der Waals surface area (Å²) in [4.78, 5) is 0. The first-order chi connectivity index (χ1) is 10.3. The Morgan fingerprint density at radius 1 is 0.857 bits per heavy atom. The summed E-state index contributed by atoms with van der Waals surface area (Å²) in [7, 11) is 0. The lowest BCUT2D eigenvalue weighted by Gasteiger charge is -2.28. The molecule has 2 aromatic rings. The van der Waals surface area contributed by atoms with E-state index < -0.39 is 0 Å². The molecule has 0 radical (unpaired) electrons. The molecule has 2 nitrogen and oxygen atoms in total. The van der Waals surface area contributed by atoms with Crippen LogP contribution < -0.4 is 0 Å². The molecule has 21 heavy (non-hydrogen) atoms. The third-order valence-corrected chi connectivity index (χ3v) is 5.06. The van der Waals surface area contributed by atoms with Crippen LogP contribution in [0.15, 0.2) is 60.7 Å². The van der Waals surface area contributed by atoms with Gasteiger partial charge in [0.15, 0.2) is 0 Å². The summed E-state index contributed by atoms with van der Waals surface area (Å²) in [6, 6.07) is 21.1. The second-order valence-electron chi connectivity index (χ2n) is 6.38. The van der Waals surface area contributed by atoms with Gasteiger partial charge in [-0.15, -0.1) is 0 Å². The largest absolute Gasteiger partial charge is 0.372 e. The minimum Gasteiger partial charge on any atom is -0.372 e. The SMILES string of the molecule is C[C@@]12CO[C@H](c3ccccc3)[C@@H]1CO[C@H]2c1ccccc1. The van der Waals surface area contributed by atoms with Gasteiger partial charge in [0.25, 0.3) is 0 Å². The first kappa shape index (κ1) is 13.1. The topological polar surface area (TPSA) is 18.5 Å². The van der Waals surface area contributed by atoms with Crippen molar-refractivity contribution < 1.29 is 9.47 Å². The number of benzene rings is 2. The van der Waals surface area contributed by atoms with Crippen molar-refractivity contribution in [2.75, 3.05) is 13.2 Å². The third kappa shape index (κ3) is 2.02. The Kier molecular flexibility index (Phi) is 3.09. The summed E-state index contributed by atoms with van der Waals surface area (Å²) in [5, 5.41) is 0. The van der Waals surface area contributed by atoms with Crippen LogP contribution in [0.2, 0.25) is 0 Å². The molecule has 0 amide bonds. The summed E-state index contributed by atoms with van der Waals surface area (Å²) in [6.07, 6.45) is 0.294. The summed E-state index contributed by atoms with van der Waals surface area (Å²) in [5.74, 6) is 0.421. The molecule has 2 aliphatic heterocycles. The molecule has 0 saturated carbocycles. The van der Waals surface area contributed by atoms with E-state index in [1.165, 1.54) is 11.1 Å². The van der Waals surface area contributed by atoms with Crippen molar-refractivity contribution in [3.05, 3.63) is 71.8 Å². The maximum absolute atomic E-state index is 6.18. The van der Waals surface area contributed by atoms with Crippen LogP contribution in [0.1, 0.15) is 30.3 Å². The fraction of sp³-hybridized carbons (Fsp3) is 0.368. The average Bonchev–Trinajstić information content (AvgIpc) is 3.03. The van der Waals surface area contributed by atoms with E-state index in [0.29, 0.717) is 5.92 Å². The Labute approximate surface area is 125 Å². The molecule has 2 heteroatoms. The van der Waals surface area contributed by atoms with Gasteiger partial charge >= 0.3 is 0 Å². The Morgan fingerprint density at radius 3 is 2.14 bits per heavy atom. The number of rotatable bonds is 2. The third-order valence-electron chi connectivity index (χ3n) is 5.06. The quantitative estimate of drug-likeness (QED) is 0.822. The highest BCUT2D eigenvalue weighted by atomic mass is 16.5. The molecule has 108 valence electrons. The molecule has 2 fully saturated rings. The van der Waals surface area contributed by atoms with E-state index >= 15 is 0 Å². The van der Waals surface area contributed by atoms with E-state index in [0.717, 1.165) is 13.2 Å². The Morgan fingerprint density at radius 2 is 1.48 bits per heavy atom. The summed E-state index contributed by atoms with van der Waals surface area (Å²) in [6.45, 7) is 3.84. The summed E-state index contributed by atoms with van der Waals surface area (Å²) < 4.78 is 12.4. The van der Waals surface area contributed by atoms with E-state index in [9.17, 15) is 0 Å². The van der Waals surface area contributed by atoms with Crippen molar-refractivity contribution in [3.8, 4) is 0 Å². The number of hydrogen-bond donors (Lipinski definition) is 0. The van der Waals surface area contributed by atoms with E-state index in [1.807, 2.05) is 0 Å². The minimum atomic E-state index is 0.0574. The van der Waals surface area contributed by atoms with Gasteiger partial charge in [0.05, 0.1) is 25.4 Å². The van der Waals surface area contributed by atoms with Crippen molar-refractivity contribution in [2.45, 2.75) is 19.1 Å². The normalized spacial score (nSPS) is 34.8. The van der Waals surface area contributed by atoms with Crippen molar-refractivity contribution >= 4 is 0 Å².